The van der Waals surface area contributed by atoms with Gasteiger partial charge in [-0.25, -0.2) is 4.39 Å². The van der Waals surface area contributed by atoms with Gasteiger partial charge in [0.25, 0.3) is 0 Å². The average molecular weight is 254 g/mol. The maximum atomic E-state index is 13.0. The van der Waals surface area contributed by atoms with Crippen LogP contribution in [-0.4, -0.2) is 29.5 Å². The van der Waals surface area contributed by atoms with Gasteiger partial charge in [0.15, 0.2) is 5.82 Å². The van der Waals surface area contributed by atoms with Crippen molar-refractivity contribution in [3.8, 4) is 0 Å². The van der Waals surface area contributed by atoms with Crippen LogP contribution >= 0.6 is 23.2 Å². The lowest BCUT2D eigenvalue weighted by atomic mass is 10.3. The summed E-state index contributed by atoms with van der Waals surface area (Å²) in [5.41, 5.74) is 0.485. The van der Waals surface area contributed by atoms with E-state index in [1.165, 1.54) is 12.1 Å². The summed E-state index contributed by atoms with van der Waals surface area (Å²) in [5.74, 6) is -0.674. The first kappa shape index (κ1) is 12.5. The molecule has 0 aliphatic heterocycles. The molecule has 0 aliphatic carbocycles. The van der Waals surface area contributed by atoms with Crippen molar-refractivity contribution in [3.63, 3.8) is 0 Å². The number of anilines is 1. The highest BCUT2D eigenvalue weighted by Gasteiger charge is 2.08. The Morgan fingerprint density at radius 1 is 1.33 bits per heavy atom. The number of hydrogen-bond donors (Lipinski definition) is 3. The van der Waals surface area contributed by atoms with Crippen molar-refractivity contribution in [3.05, 3.63) is 28.0 Å². The van der Waals surface area contributed by atoms with Crippen LogP contribution in [0.3, 0.4) is 0 Å². The van der Waals surface area contributed by atoms with Crippen molar-refractivity contribution >= 4 is 28.9 Å². The molecule has 0 saturated heterocycles. The molecule has 6 heteroatoms. The summed E-state index contributed by atoms with van der Waals surface area (Å²) >= 11 is 11.1. The second-order valence-electron chi connectivity index (χ2n) is 2.97. The number of halogens is 3. The Hall–Kier alpha value is -0.550. The summed E-state index contributed by atoms with van der Waals surface area (Å²) in [6, 6.07) is 2.71. The maximum Gasteiger partial charge on any atom is 0.160 e. The number of rotatable bonds is 4. The van der Waals surface area contributed by atoms with Gasteiger partial charge >= 0.3 is 0 Å². The highest BCUT2D eigenvalue weighted by atomic mass is 35.5. The van der Waals surface area contributed by atoms with Crippen LogP contribution < -0.4 is 5.32 Å². The van der Waals surface area contributed by atoms with Crippen molar-refractivity contribution in [2.45, 2.75) is 6.10 Å². The maximum absolute atomic E-state index is 13.0. The third-order valence-electron chi connectivity index (χ3n) is 1.74. The predicted octanol–water partition coefficient (Wildman–Crippen LogP) is 1.90. The fourth-order valence-corrected chi connectivity index (χ4v) is 1.44. The van der Waals surface area contributed by atoms with Gasteiger partial charge in [0.1, 0.15) is 0 Å². The first-order chi connectivity index (χ1) is 7.04. The van der Waals surface area contributed by atoms with Crippen molar-refractivity contribution in [2.75, 3.05) is 18.5 Å². The molecule has 0 heterocycles. The van der Waals surface area contributed by atoms with Crippen molar-refractivity contribution in [2.24, 2.45) is 0 Å². The van der Waals surface area contributed by atoms with Gasteiger partial charge in [0.05, 0.1) is 22.8 Å². The molecule has 0 spiro atoms. The Morgan fingerprint density at radius 3 is 2.33 bits per heavy atom. The molecular formula is C9H10Cl2FNO2. The second kappa shape index (κ2) is 5.51. The van der Waals surface area contributed by atoms with Crippen LogP contribution in [-0.2, 0) is 0 Å². The minimum Gasteiger partial charge on any atom is -0.394 e. The lowest BCUT2D eigenvalue weighted by Gasteiger charge is -2.11. The molecule has 0 aromatic heterocycles. The average Bonchev–Trinajstić information content (AvgIpc) is 2.22. The molecule has 3 nitrogen and oxygen atoms in total. The van der Waals surface area contributed by atoms with Crippen LogP contribution in [0, 0.1) is 5.82 Å². The quantitative estimate of drug-likeness (QED) is 0.719. The Morgan fingerprint density at radius 2 is 1.87 bits per heavy atom. The Bertz CT molecular complexity index is 326. The minimum absolute atomic E-state index is 0.0940. The zero-order valence-electron chi connectivity index (χ0n) is 7.67. The van der Waals surface area contributed by atoms with Crippen LogP contribution in [0.25, 0.3) is 0 Å². The molecule has 1 aromatic carbocycles. The molecule has 0 amide bonds. The van der Waals surface area contributed by atoms with Gasteiger partial charge in [-0.15, -0.1) is 0 Å². The van der Waals surface area contributed by atoms with Crippen molar-refractivity contribution in [1.82, 2.24) is 0 Å². The first-order valence-electron chi connectivity index (χ1n) is 4.22. The topological polar surface area (TPSA) is 52.5 Å². The van der Waals surface area contributed by atoms with E-state index in [4.69, 9.17) is 33.4 Å². The fourth-order valence-electron chi connectivity index (χ4n) is 0.958. The Balaban J connectivity index is 2.70. The van der Waals surface area contributed by atoms with E-state index in [0.29, 0.717) is 5.69 Å². The summed E-state index contributed by atoms with van der Waals surface area (Å²) in [5, 5.41) is 20.2. The van der Waals surface area contributed by atoms with E-state index in [1.807, 2.05) is 0 Å². The smallest absolute Gasteiger partial charge is 0.160 e. The largest absolute Gasteiger partial charge is 0.394 e. The Labute approximate surface area is 96.4 Å². The molecule has 1 unspecified atom stereocenters. The fraction of sp³-hybridized carbons (Fsp3) is 0.333. The molecular weight excluding hydrogens is 244 g/mol. The number of benzene rings is 1. The molecule has 3 N–H and O–H groups in total. The molecule has 15 heavy (non-hydrogen) atoms. The molecule has 1 rings (SSSR count). The second-order valence-corrected chi connectivity index (χ2v) is 3.79. The van der Waals surface area contributed by atoms with Crippen LogP contribution in [0.15, 0.2) is 12.1 Å². The molecule has 0 radical (unpaired) electrons. The molecule has 0 fully saturated rings. The van der Waals surface area contributed by atoms with E-state index in [2.05, 4.69) is 5.32 Å². The number of nitrogens with one attached hydrogen (secondary N) is 1. The molecule has 84 valence electrons. The summed E-state index contributed by atoms with van der Waals surface area (Å²) in [6.45, 7) is -0.218. The molecule has 0 saturated carbocycles. The van der Waals surface area contributed by atoms with Crippen LogP contribution in [0.1, 0.15) is 0 Å². The van der Waals surface area contributed by atoms with Gasteiger partial charge in [-0.05, 0) is 12.1 Å². The van der Waals surface area contributed by atoms with E-state index in [9.17, 15) is 4.39 Å². The first-order valence-corrected chi connectivity index (χ1v) is 4.97. The van der Waals surface area contributed by atoms with E-state index >= 15 is 0 Å². The summed E-state index contributed by atoms with van der Waals surface area (Å²) < 4.78 is 13.0. The van der Waals surface area contributed by atoms with Gasteiger partial charge in [-0.3, -0.25) is 0 Å². The van der Waals surface area contributed by atoms with Crippen LogP contribution in [0.2, 0.25) is 10.0 Å². The summed E-state index contributed by atoms with van der Waals surface area (Å²) in [4.78, 5) is 0. The highest BCUT2D eigenvalue weighted by molar-refractivity contribution is 6.35. The molecule has 1 aromatic rings. The lowest BCUT2D eigenvalue weighted by Crippen LogP contribution is -2.22. The zero-order chi connectivity index (χ0) is 11.4. The van der Waals surface area contributed by atoms with Crippen LogP contribution in [0.4, 0.5) is 10.1 Å². The number of aliphatic hydroxyl groups excluding tert-OH is 2. The number of hydrogen-bond acceptors (Lipinski definition) is 3. The van der Waals surface area contributed by atoms with E-state index in [-0.39, 0.29) is 23.2 Å². The normalized spacial score (nSPS) is 12.6. The highest BCUT2D eigenvalue weighted by Crippen LogP contribution is 2.27. The lowest BCUT2D eigenvalue weighted by molar-refractivity contribution is 0.105. The molecule has 1 atom stereocenters. The molecule has 0 bridgehead atoms. The van der Waals surface area contributed by atoms with Gasteiger partial charge in [0.2, 0.25) is 0 Å². The van der Waals surface area contributed by atoms with Gasteiger partial charge < -0.3 is 15.5 Å². The van der Waals surface area contributed by atoms with Crippen molar-refractivity contribution < 1.29 is 14.6 Å². The third-order valence-corrected chi connectivity index (χ3v) is 2.29. The van der Waals surface area contributed by atoms with Crippen molar-refractivity contribution in [1.29, 1.82) is 0 Å². The Kier molecular flexibility index (Phi) is 4.60. The summed E-state index contributed by atoms with van der Waals surface area (Å²) in [7, 11) is 0. The third kappa shape index (κ3) is 3.50. The van der Waals surface area contributed by atoms with Gasteiger partial charge in [-0.1, -0.05) is 23.2 Å². The van der Waals surface area contributed by atoms with Gasteiger partial charge in [-0.2, -0.15) is 0 Å². The monoisotopic (exact) mass is 253 g/mol. The summed E-state index contributed by atoms with van der Waals surface area (Å²) in [6.07, 6.45) is -0.882. The number of aliphatic hydroxyl groups is 2. The van der Waals surface area contributed by atoms with Crippen LogP contribution in [0.5, 0.6) is 0 Å². The zero-order valence-corrected chi connectivity index (χ0v) is 9.19. The standard InChI is InChI=1S/C9H10Cl2FNO2/c10-7-1-5(2-8(11)9(7)12)13-3-6(15)4-14/h1-2,6,13-15H,3-4H2. The molecule has 0 aliphatic rings. The van der Waals surface area contributed by atoms with E-state index < -0.39 is 11.9 Å². The minimum atomic E-state index is -0.882. The SMILES string of the molecule is OCC(O)CNc1cc(Cl)c(F)c(Cl)c1. The van der Waals surface area contributed by atoms with E-state index in [1.54, 1.807) is 0 Å². The predicted molar refractivity (Wildman–Crippen MR) is 58.0 cm³/mol. The van der Waals surface area contributed by atoms with E-state index in [0.717, 1.165) is 0 Å². The van der Waals surface area contributed by atoms with Gasteiger partial charge in [0, 0.05) is 12.2 Å².